The van der Waals surface area contributed by atoms with E-state index in [0.29, 0.717) is 17.7 Å². The predicted octanol–water partition coefficient (Wildman–Crippen LogP) is 1.74. The summed E-state index contributed by atoms with van der Waals surface area (Å²) in [6, 6.07) is 3.73. The zero-order valence-electron chi connectivity index (χ0n) is 14.2. The lowest BCUT2D eigenvalue weighted by Gasteiger charge is -2.34. The number of aromatic nitrogens is 4. The van der Waals surface area contributed by atoms with Crippen molar-refractivity contribution in [2.24, 2.45) is 5.92 Å². The second-order valence-corrected chi connectivity index (χ2v) is 6.86. The summed E-state index contributed by atoms with van der Waals surface area (Å²) in [5, 5.41) is 13.1. The summed E-state index contributed by atoms with van der Waals surface area (Å²) >= 11 is 0. The van der Waals surface area contributed by atoms with Crippen molar-refractivity contribution in [2.45, 2.75) is 31.6 Å². The average Bonchev–Trinajstić information content (AvgIpc) is 3.06. The van der Waals surface area contributed by atoms with Gasteiger partial charge in [0.1, 0.15) is 0 Å². The minimum Gasteiger partial charge on any atom is -0.480 e. The Kier molecular flexibility index (Phi) is 4.62. The van der Waals surface area contributed by atoms with E-state index in [0.717, 1.165) is 50.6 Å². The Morgan fingerprint density at radius 1 is 1.21 bits per heavy atom. The number of methoxy groups -OCH3 is 1. The monoisotopic (exact) mass is 331 g/mol. The van der Waals surface area contributed by atoms with Crippen molar-refractivity contribution in [2.75, 3.05) is 40.0 Å². The summed E-state index contributed by atoms with van der Waals surface area (Å²) in [4.78, 5) is 2.58. The first kappa shape index (κ1) is 15.8. The van der Waals surface area contributed by atoms with Gasteiger partial charge in [0.2, 0.25) is 5.88 Å². The third kappa shape index (κ3) is 3.23. The van der Waals surface area contributed by atoms with Gasteiger partial charge >= 0.3 is 0 Å². The predicted molar refractivity (Wildman–Crippen MR) is 89.3 cm³/mol. The lowest BCUT2D eigenvalue weighted by Crippen LogP contribution is -2.39. The quantitative estimate of drug-likeness (QED) is 0.850. The van der Waals surface area contributed by atoms with E-state index in [1.165, 1.54) is 19.4 Å². The van der Waals surface area contributed by atoms with E-state index in [9.17, 15) is 0 Å². The van der Waals surface area contributed by atoms with Crippen LogP contribution in [0.15, 0.2) is 12.1 Å². The van der Waals surface area contributed by atoms with Crippen LogP contribution in [0.5, 0.6) is 5.88 Å². The van der Waals surface area contributed by atoms with Gasteiger partial charge in [-0.15, -0.1) is 15.3 Å². The first-order valence-corrected chi connectivity index (χ1v) is 8.90. The fraction of sp³-hybridized carbons (Fsp3) is 0.706. The molecule has 7 nitrogen and oxygen atoms in total. The highest BCUT2D eigenvalue weighted by molar-refractivity contribution is 5.38. The maximum atomic E-state index is 5.61. The number of rotatable bonds is 4. The SMILES string of the molecule is COc1ccc2nnc(C3CCN(CC4CCCOC4)CC3)n2n1. The molecule has 4 rings (SSSR count). The molecule has 2 aliphatic heterocycles. The van der Waals surface area contributed by atoms with Gasteiger partial charge in [-0.3, -0.25) is 0 Å². The van der Waals surface area contributed by atoms with Crippen molar-refractivity contribution in [3.63, 3.8) is 0 Å². The molecule has 0 aromatic carbocycles. The Morgan fingerprint density at radius 2 is 2.08 bits per heavy atom. The molecule has 0 amide bonds. The summed E-state index contributed by atoms with van der Waals surface area (Å²) < 4.78 is 12.7. The van der Waals surface area contributed by atoms with Gasteiger partial charge in [0.15, 0.2) is 11.5 Å². The standard InChI is InChI=1S/C17H25N5O2/c1-23-16-5-4-15-18-19-17(22(15)20-16)14-6-8-21(9-7-14)11-13-3-2-10-24-12-13/h4-5,13-14H,2-3,6-12H2,1H3. The van der Waals surface area contributed by atoms with Crippen LogP contribution in [0.3, 0.4) is 0 Å². The topological polar surface area (TPSA) is 64.8 Å². The maximum absolute atomic E-state index is 5.61. The van der Waals surface area contributed by atoms with Gasteiger partial charge in [-0.2, -0.15) is 4.52 Å². The smallest absolute Gasteiger partial charge is 0.231 e. The van der Waals surface area contributed by atoms with Gasteiger partial charge in [-0.05, 0) is 50.8 Å². The molecule has 4 heterocycles. The van der Waals surface area contributed by atoms with E-state index < -0.39 is 0 Å². The van der Waals surface area contributed by atoms with Crippen molar-refractivity contribution in [3.05, 3.63) is 18.0 Å². The summed E-state index contributed by atoms with van der Waals surface area (Å²) in [6.07, 6.45) is 4.72. The van der Waals surface area contributed by atoms with Crippen molar-refractivity contribution in [1.82, 2.24) is 24.7 Å². The summed E-state index contributed by atoms with van der Waals surface area (Å²) in [7, 11) is 1.63. The van der Waals surface area contributed by atoms with Crippen LogP contribution >= 0.6 is 0 Å². The van der Waals surface area contributed by atoms with Crippen molar-refractivity contribution >= 4 is 5.65 Å². The number of likely N-dealkylation sites (tertiary alicyclic amines) is 1. The molecule has 7 heteroatoms. The molecule has 0 bridgehead atoms. The van der Waals surface area contributed by atoms with Crippen molar-refractivity contribution < 1.29 is 9.47 Å². The molecule has 1 unspecified atom stereocenters. The highest BCUT2D eigenvalue weighted by Gasteiger charge is 2.27. The van der Waals surface area contributed by atoms with Gasteiger partial charge in [0, 0.05) is 25.1 Å². The van der Waals surface area contributed by atoms with E-state index in [1.807, 2.05) is 16.6 Å². The Labute approximate surface area is 141 Å². The number of piperidine rings is 1. The van der Waals surface area contributed by atoms with E-state index in [1.54, 1.807) is 7.11 Å². The van der Waals surface area contributed by atoms with E-state index in [2.05, 4.69) is 20.2 Å². The van der Waals surface area contributed by atoms with E-state index in [4.69, 9.17) is 9.47 Å². The van der Waals surface area contributed by atoms with Crippen LogP contribution in [-0.4, -0.2) is 64.7 Å². The van der Waals surface area contributed by atoms with Crippen LogP contribution in [0.4, 0.5) is 0 Å². The molecule has 0 spiro atoms. The van der Waals surface area contributed by atoms with Gasteiger partial charge in [0.25, 0.3) is 0 Å². The first-order chi connectivity index (χ1) is 11.8. The molecule has 2 aromatic rings. The van der Waals surface area contributed by atoms with Crippen LogP contribution in [0.1, 0.15) is 37.4 Å². The Morgan fingerprint density at radius 3 is 2.83 bits per heavy atom. The van der Waals surface area contributed by atoms with Crippen LogP contribution in [0.2, 0.25) is 0 Å². The second kappa shape index (κ2) is 7.03. The van der Waals surface area contributed by atoms with E-state index >= 15 is 0 Å². The van der Waals surface area contributed by atoms with Crippen LogP contribution in [0, 0.1) is 5.92 Å². The van der Waals surface area contributed by atoms with Crippen LogP contribution < -0.4 is 4.74 Å². The fourth-order valence-electron chi connectivity index (χ4n) is 3.84. The maximum Gasteiger partial charge on any atom is 0.231 e. The average molecular weight is 331 g/mol. The highest BCUT2D eigenvalue weighted by Crippen LogP contribution is 2.28. The molecule has 24 heavy (non-hydrogen) atoms. The lowest BCUT2D eigenvalue weighted by molar-refractivity contribution is 0.0344. The minimum atomic E-state index is 0.415. The summed E-state index contributed by atoms with van der Waals surface area (Å²) in [5.41, 5.74) is 0.785. The van der Waals surface area contributed by atoms with Crippen LogP contribution in [-0.2, 0) is 4.74 Å². The number of ether oxygens (including phenoxy) is 2. The number of hydrogen-bond acceptors (Lipinski definition) is 6. The largest absolute Gasteiger partial charge is 0.480 e. The molecule has 0 saturated carbocycles. The number of fused-ring (bicyclic) bond motifs is 1. The molecular formula is C17H25N5O2. The van der Waals surface area contributed by atoms with Gasteiger partial charge in [-0.25, -0.2) is 0 Å². The van der Waals surface area contributed by atoms with Crippen molar-refractivity contribution in [3.8, 4) is 5.88 Å². The molecule has 0 aliphatic carbocycles. The number of nitrogens with zero attached hydrogens (tertiary/aromatic N) is 5. The fourth-order valence-corrected chi connectivity index (χ4v) is 3.84. The van der Waals surface area contributed by atoms with Gasteiger partial charge in [0.05, 0.1) is 13.7 Å². The Balaban J connectivity index is 1.40. The van der Waals surface area contributed by atoms with Gasteiger partial charge in [-0.1, -0.05) is 0 Å². The molecule has 2 aromatic heterocycles. The summed E-state index contributed by atoms with van der Waals surface area (Å²) in [5.74, 6) is 2.68. The molecule has 2 fully saturated rings. The third-order valence-electron chi connectivity index (χ3n) is 5.20. The van der Waals surface area contributed by atoms with Crippen molar-refractivity contribution in [1.29, 1.82) is 0 Å². The van der Waals surface area contributed by atoms with Crippen LogP contribution in [0.25, 0.3) is 5.65 Å². The normalized spacial score (nSPS) is 23.6. The minimum absolute atomic E-state index is 0.415. The Bertz CT molecular complexity index is 675. The molecule has 1 atom stereocenters. The first-order valence-electron chi connectivity index (χ1n) is 8.90. The molecule has 2 aliphatic rings. The molecular weight excluding hydrogens is 306 g/mol. The highest BCUT2D eigenvalue weighted by atomic mass is 16.5. The number of hydrogen-bond donors (Lipinski definition) is 0. The molecule has 2 saturated heterocycles. The Hall–Kier alpha value is -1.73. The van der Waals surface area contributed by atoms with Gasteiger partial charge < -0.3 is 14.4 Å². The third-order valence-corrected chi connectivity index (χ3v) is 5.20. The summed E-state index contributed by atoms with van der Waals surface area (Å²) in [6.45, 7) is 5.26. The molecule has 0 radical (unpaired) electrons. The molecule has 0 N–H and O–H groups in total. The van der Waals surface area contributed by atoms with E-state index in [-0.39, 0.29) is 0 Å². The lowest BCUT2D eigenvalue weighted by atomic mass is 9.94. The molecule has 130 valence electrons. The zero-order valence-corrected chi connectivity index (χ0v) is 14.2. The zero-order chi connectivity index (χ0) is 16.4. The second-order valence-electron chi connectivity index (χ2n) is 6.86.